The van der Waals surface area contributed by atoms with E-state index >= 15 is 0 Å². The van der Waals surface area contributed by atoms with E-state index in [1.807, 2.05) is 6.07 Å². The second kappa shape index (κ2) is 7.10. The molecule has 0 aliphatic carbocycles. The van der Waals surface area contributed by atoms with Crippen molar-refractivity contribution in [1.29, 1.82) is 0 Å². The number of allylic oxidation sites excluding steroid dienone is 2. The molecule has 1 rings (SSSR count). The Morgan fingerprint density at radius 3 is 2.69 bits per heavy atom. The summed E-state index contributed by atoms with van der Waals surface area (Å²) in [5.74, 6) is 0.941. The van der Waals surface area contributed by atoms with Crippen molar-refractivity contribution >= 4 is 5.57 Å². The molecule has 0 aliphatic rings. The Morgan fingerprint density at radius 2 is 2.06 bits per heavy atom. The normalized spacial score (nSPS) is 11.6. The molecule has 0 heterocycles. The van der Waals surface area contributed by atoms with Crippen LogP contribution in [0.5, 0.6) is 5.75 Å². The van der Waals surface area contributed by atoms with E-state index in [4.69, 9.17) is 4.74 Å². The molecular weight excluding hydrogens is 196 g/mol. The van der Waals surface area contributed by atoms with Gasteiger partial charge in [0.1, 0.15) is 5.75 Å². The maximum atomic E-state index is 5.26. The summed E-state index contributed by atoms with van der Waals surface area (Å²) in [6, 6.07) is 8.34. The maximum absolute atomic E-state index is 5.26. The SMILES string of the molecule is CCC/C=C(\CCC)c1cccc(OC)c1. The molecule has 0 saturated carbocycles. The minimum atomic E-state index is 0.941. The van der Waals surface area contributed by atoms with Crippen LogP contribution in [0.1, 0.15) is 45.1 Å². The number of benzene rings is 1. The van der Waals surface area contributed by atoms with Crippen LogP contribution in [0, 0.1) is 0 Å². The summed E-state index contributed by atoms with van der Waals surface area (Å²) in [7, 11) is 1.72. The number of rotatable bonds is 6. The zero-order chi connectivity index (χ0) is 11.8. The molecule has 0 radical (unpaired) electrons. The summed E-state index contributed by atoms with van der Waals surface area (Å²) in [5, 5.41) is 0. The fourth-order valence-electron chi connectivity index (χ4n) is 1.77. The lowest BCUT2D eigenvalue weighted by molar-refractivity contribution is 0.414. The van der Waals surface area contributed by atoms with Crippen molar-refractivity contribution in [1.82, 2.24) is 0 Å². The summed E-state index contributed by atoms with van der Waals surface area (Å²) in [5.41, 5.74) is 2.75. The van der Waals surface area contributed by atoms with Gasteiger partial charge in [0.25, 0.3) is 0 Å². The molecule has 0 fully saturated rings. The molecule has 0 atom stereocenters. The van der Waals surface area contributed by atoms with Crippen LogP contribution in [0.25, 0.3) is 5.57 Å². The third-order valence-electron chi connectivity index (χ3n) is 2.64. The largest absolute Gasteiger partial charge is 0.497 e. The Balaban J connectivity index is 2.91. The molecule has 0 spiro atoms. The summed E-state index contributed by atoms with van der Waals surface area (Å²) in [4.78, 5) is 0. The predicted molar refractivity (Wildman–Crippen MR) is 70.8 cm³/mol. The third kappa shape index (κ3) is 3.73. The number of hydrogen-bond acceptors (Lipinski definition) is 1. The second-order valence-electron chi connectivity index (χ2n) is 4.00. The molecule has 0 aliphatic heterocycles. The van der Waals surface area contributed by atoms with E-state index in [0.29, 0.717) is 0 Å². The van der Waals surface area contributed by atoms with Crippen LogP contribution in [0.3, 0.4) is 0 Å². The van der Waals surface area contributed by atoms with Gasteiger partial charge >= 0.3 is 0 Å². The maximum Gasteiger partial charge on any atom is 0.119 e. The van der Waals surface area contributed by atoms with Crippen molar-refractivity contribution in [3.8, 4) is 5.75 Å². The number of methoxy groups -OCH3 is 1. The van der Waals surface area contributed by atoms with E-state index in [2.05, 4.69) is 38.1 Å². The molecule has 0 unspecified atom stereocenters. The number of ether oxygens (including phenoxy) is 1. The Kier molecular flexibility index (Phi) is 5.69. The van der Waals surface area contributed by atoms with Crippen LogP contribution < -0.4 is 4.74 Å². The smallest absolute Gasteiger partial charge is 0.119 e. The van der Waals surface area contributed by atoms with Gasteiger partial charge in [-0.15, -0.1) is 0 Å². The van der Waals surface area contributed by atoms with Gasteiger partial charge in [-0.1, -0.05) is 44.9 Å². The zero-order valence-electron chi connectivity index (χ0n) is 10.6. The summed E-state index contributed by atoms with van der Waals surface area (Å²) in [6.45, 7) is 4.44. The summed E-state index contributed by atoms with van der Waals surface area (Å²) in [6.07, 6.45) is 7.06. The van der Waals surface area contributed by atoms with Gasteiger partial charge < -0.3 is 4.74 Å². The summed E-state index contributed by atoms with van der Waals surface area (Å²) >= 11 is 0. The van der Waals surface area contributed by atoms with Gasteiger partial charge in [-0.3, -0.25) is 0 Å². The average Bonchev–Trinajstić information content (AvgIpc) is 2.34. The lowest BCUT2D eigenvalue weighted by atomic mass is 10.00. The van der Waals surface area contributed by atoms with Crippen molar-refractivity contribution in [3.05, 3.63) is 35.9 Å². The molecule has 0 saturated heterocycles. The van der Waals surface area contributed by atoms with E-state index in [1.54, 1.807) is 7.11 Å². The van der Waals surface area contributed by atoms with Crippen molar-refractivity contribution in [2.45, 2.75) is 39.5 Å². The van der Waals surface area contributed by atoms with Crippen molar-refractivity contribution in [3.63, 3.8) is 0 Å². The topological polar surface area (TPSA) is 9.23 Å². The molecule has 16 heavy (non-hydrogen) atoms. The lowest BCUT2D eigenvalue weighted by Gasteiger charge is -2.08. The van der Waals surface area contributed by atoms with Crippen molar-refractivity contribution in [2.24, 2.45) is 0 Å². The molecule has 0 N–H and O–H groups in total. The summed E-state index contributed by atoms with van der Waals surface area (Å²) < 4.78 is 5.26. The highest BCUT2D eigenvalue weighted by atomic mass is 16.5. The minimum absolute atomic E-state index is 0.941. The Morgan fingerprint density at radius 1 is 1.25 bits per heavy atom. The van der Waals surface area contributed by atoms with Crippen LogP contribution in [-0.2, 0) is 0 Å². The van der Waals surface area contributed by atoms with E-state index in [9.17, 15) is 0 Å². The van der Waals surface area contributed by atoms with E-state index in [-0.39, 0.29) is 0 Å². The van der Waals surface area contributed by atoms with E-state index < -0.39 is 0 Å². The van der Waals surface area contributed by atoms with E-state index in [0.717, 1.165) is 18.6 Å². The van der Waals surface area contributed by atoms with Gasteiger partial charge in [-0.05, 0) is 36.1 Å². The van der Waals surface area contributed by atoms with Gasteiger partial charge in [0.15, 0.2) is 0 Å². The van der Waals surface area contributed by atoms with Gasteiger partial charge in [0.2, 0.25) is 0 Å². The first-order chi connectivity index (χ1) is 7.81. The molecule has 0 bridgehead atoms. The first kappa shape index (κ1) is 12.8. The Labute approximate surface area is 99.1 Å². The van der Waals surface area contributed by atoms with Crippen LogP contribution in [0.15, 0.2) is 30.3 Å². The van der Waals surface area contributed by atoms with Gasteiger partial charge in [-0.2, -0.15) is 0 Å². The molecule has 0 amide bonds. The fourth-order valence-corrected chi connectivity index (χ4v) is 1.77. The van der Waals surface area contributed by atoms with E-state index in [1.165, 1.54) is 24.0 Å². The Bertz CT molecular complexity index is 339. The monoisotopic (exact) mass is 218 g/mol. The fraction of sp³-hybridized carbons (Fsp3) is 0.467. The third-order valence-corrected chi connectivity index (χ3v) is 2.64. The van der Waals surface area contributed by atoms with Gasteiger partial charge in [0, 0.05) is 0 Å². The standard InChI is InChI=1S/C15H22O/c1-4-6-9-13(8-5-2)14-10-7-11-15(12-14)16-3/h7,9-12H,4-6,8H2,1-3H3/b13-9+. The highest BCUT2D eigenvalue weighted by Gasteiger charge is 2.01. The number of unbranched alkanes of at least 4 members (excludes halogenated alkanes) is 1. The van der Waals surface area contributed by atoms with Crippen LogP contribution in [0.4, 0.5) is 0 Å². The molecule has 1 aromatic carbocycles. The Hall–Kier alpha value is -1.24. The zero-order valence-corrected chi connectivity index (χ0v) is 10.6. The van der Waals surface area contributed by atoms with Crippen LogP contribution >= 0.6 is 0 Å². The highest BCUT2D eigenvalue weighted by molar-refractivity contribution is 5.66. The highest BCUT2D eigenvalue weighted by Crippen LogP contribution is 2.24. The molecule has 0 aromatic heterocycles. The van der Waals surface area contributed by atoms with Crippen molar-refractivity contribution < 1.29 is 4.74 Å². The average molecular weight is 218 g/mol. The quantitative estimate of drug-likeness (QED) is 0.673. The van der Waals surface area contributed by atoms with Crippen molar-refractivity contribution in [2.75, 3.05) is 7.11 Å². The predicted octanol–water partition coefficient (Wildman–Crippen LogP) is 4.68. The van der Waals surface area contributed by atoms with Gasteiger partial charge in [-0.25, -0.2) is 0 Å². The lowest BCUT2D eigenvalue weighted by Crippen LogP contribution is -1.88. The minimum Gasteiger partial charge on any atom is -0.497 e. The molecule has 1 aromatic rings. The van der Waals surface area contributed by atoms with Gasteiger partial charge in [0.05, 0.1) is 7.11 Å². The second-order valence-corrected chi connectivity index (χ2v) is 4.00. The molecular formula is C15H22O. The molecule has 88 valence electrons. The first-order valence-corrected chi connectivity index (χ1v) is 6.15. The van der Waals surface area contributed by atoms with Crippen LogP contribution in [0.2, 0.25) is 0 Å². The first-order valence-electron chi connectivity index (χ1n) is 6.15. The van der Waals surface area contributed by atoms with Crippen LogP contribution in [-0.4, -0.2) is 7.11 Å². The molecule has 1 nitrogen and oxygen atoms in total. The number of hydrogen-bond donors (Lipinski definition) is 0. The molecule has 1 heteroatoms.